The molecule has 4 nitrogen and oxygen atoms in total. The Kier molecular flexibility index (Phi) is 8.06. The molecule has 0 bridgehead atoms. The van der Waals surface area contributed by atoms with Crippen LogP contribution in [0, 0.1) is 11.8 Å². The molecule has 1 unspecified atom stereocenters. The van der Waals surface area contributed by atoms with Crippen molar-refractivity contribution in [3.8, 4) is 0 Å². The molecule has 2 heterocycles. The van der Waals surface area contributed by atoms with E-state index in [1.807, 2.05) is 0 Å². The number of carbonyl (C=O) groups is 1. The van der Waals surface area contributed by atoms with E-state index in [1.54, 1.807) is 0 Å². The number of carbonyl (C=O) groups excluding carboxylic acids is 1. The second-order valence-electron chi connectivity index (χ2n) is 8.56. The van der Waals surface area contributed by atoms with E-state index >= 15 is 0 Å². The number of nitrogens with one attached hydrogen (secondary N) is 1. The quantitative estimate of drug-likeness (QED) is 0.689. The molecule has 1 N–H and O–H groups in total. The second kappa shape index (κ2) is 10.5. The molecule has 0 spiro atoms. The third-order valence-electron chi connectivity index (χ3n) is 6.60. The first-order valence-electron chi connectivity index (χ1n) is 10.9. The van der Waals surface area contributed by atoms with Crippen molar-refractivity contribution in [3.63, 3.8) is 0 Å². The molecule has 3 fully saturated rings. The van der Waals surface area contributed by atoms with Gasteiger partial charge in [0, 0.05) is 19.6 Å². The highest BCUT2D eigenvalue weighted by molar-refractivity contribution is 5.75. The smallest absolute Gasteiger partial charge is 0.220 e. The van der Waals surface area contributed by atoms with Crippen molar-refractivity contribution < 1.29 is 9.53 Å². The topological polar surface area (TPSA) is 41.6 Å². The van der Waals surface area contributed by atoms with Gasteiger partial charge in [-0.05, 0) is 76.4 Å². The summed E-state index contributed by atoms with van der Waals surface area (Å²) in [5, 5.41) is 3.05. The summed E-state index contributed by atoms with van der Waals surface area (Å²) < 4.78 is 5.55. The summed E-state index contributed by atoms with van der Waals surface area (Å²) in [7, 11) is 0. The standard InChI is InChI=1S/C21H38N2O2/c24-21(22-17-20-8-4-16-25-20)10-9-19-11-14-23(15-12-19)13-3-7-18-5-1-2-6-18/h18-20H,1-17H2,(H,22,24). The van der Waals surface area contributed by atoms with Crippen LogP contribution in [0.4, 0.5) is 0 Å². The van der Waals surface area contributed by atoms with Crippen molar-refractivity contribution in [1.82, 2.24) is 10.2 Å². The Balaban J connectivity index is 1.19. The van der Waals surface area contributed by atoms with Gasteiger partial charge in [0.05, 0.1) is 6.10 Å². The first kappa shape index (κ1) is 19.2. The summed E-state index contributed by atoms with van der Waals surface area (Å²) in [6.45, 7) is 5.35. The molecule has 2 saturated heterocycles. The lowest BCUT2D eigenvalue weighted by atomic mass is 9.91. The molecule has 4 heteroatoms. The number of amides is 1. The summed E-state index contributed by atoms with van der Waals surface area (Å²) in [6, 6.07) is 0. The van der Waals surface area contributed by atoms with Crippen LogP contribution in [0.25, 0.3) is 0 Å². The highest BCUT2D eigenvalue weighted by atomic mass is 16.5. The van der Waals surface area contributed by atoms with E-state index in [9.17, 15) is 4.79 Å². The summed E-state index contributed by atoms with van der Waals surface area (Å²) in [4.78, 5) is 14.7. The molecule has 0 aromatic heterocycles. The van der Waals surface area contributed by atoms with E-state index in [4.69, 9.17) is 4.74 Å². The minimum atomic E-state index is 0.217. The van der Waals surface area contributed by atoms with Crippen LogP contribution in [0.2, 0.25) is 0 Å². The predicted octanol–water partition coefficient (Wildman–Crippen LogP) is 3.74. The largest absolute Gasteiger partial charge is 0.376 e. The summed E-state index contributed by atoms with van der Waals surface area (Å²) in [6.07, 6.45) is 15.6. The molecule has 0 radical (unpaired) electrons. The fraction of sp³-hybridized carbons (Fsp3) is 0.952. The normalized spacial score (nSPS) is 26.3. The molecule has 25 heavy (non-hydrogen) atoms. The van der Waals surface area contributed by atoms with E-state index < -0.39 is 0 Å². The number of ether oxygens (including phenoxy) is 1. The molecular formula is C21H38N2O2. The highest BCUT2D eigenvalue weighted by Gasteiger charge is 2.21. The summed E-state index contributed by atoms with van der Waals surface area (Å²) >= 11 is 0. The van der Waals surface area contributed by atoms with Gasteiger partial charge in [0.25, 0.3) is 0 Å². The number of likely N-dealkylation sites (tertiary alicyclic amines) is 1. The lowest BCUT2D eigenvalue weighted by Gasteiger charge is -2.32. The van der Waals surface area contributed by atoms with Crippen LogP contribution in [0.1, 0.15) is 77.0 Å². The fourth-order valence-electron chi connectivity index (χ4n) is 4.86. The van der Waals surface area contributed by atoms with E-state index in [1.165, 1.54) is 71.0 Å². The van der Waals surface area contributed by atoms with Gasteiger partial charge in [0.15, 0.2) is 0 Å². The third-order valence-corrected chi connectivity index (χ3v) is 6.60. The number of piperidine rings is 1. The third kappa shape index (κ3) is 6.90. The Morgan fingerprint density at radius 2 is 1.72 bits per heavy atom. The Hall–Kier alpha value is -0.610. The van der Waals surface area contributed by atoms with Gasteiger partial charge in [-0.25, -0.2) is 0 Å². The zero-order chi connectivity index (χ0) is 17.3. The van der Waals surface area contributed by atoms with Crippen LogP contribution in [0.3, 0.4) is 0 Å². The molecule has 1 amide bonds. The number of hydrogen-bond donors (Lipinski definition) is 1. The van der Waals surface area contributed by atoms with Gasteiger partial charge in [-0.2, -0.15) is 0 Å². The molecule has 144 valence electrons. The maximum absolute atomic E-state index is 12.0. The van der Waals surface area contributed by atoms with Crippen LogP contribution >= 0.6 is 0 Å². The van der Waals surface area contributed by atoms with Crippen molar-refractivity contribution >= 4 is 5.91 Å². The maximum atomic E-state index is 12.0. The van der Waals surface area contributed by atoms with Crippen LogP contribution in [0.5, 0.6) is 0 Å². The molecule has 2 aliphatic heterocycles. The molecule has 3 rings (SSSR count). The van der Waals surface area contributed by atoms with Gasteiger partial charge in [0.2, 0.25) is 5.91 Å². The van der Waals surface area contributed by atoms with Gasteiger partial charge in [0.1, 0.15) is 0 Å². The first-order valence-corrected chi connectivity index (χ1v) is 10.9. The van der Waals surface area contributed by atoms with E-state index in [2.05, 4.69) is 10.2 Å². The SMILES string of the molecule is O=C(CCC1CCN(CCCC2CCCC2)CC1)NCC1CCCO1. The molecule has 0 aromatic rings. The lowest BCUT2D eigenvalue weighted by molar-refractivity contribution is -0.122. The number of rotatable bonds is 9. The minimum absolute atomic E-state index is 0.217. The van der Waals surface area contributed by atoms with Gasteiger partial charge < -0.3 is 15.0 Å². The molecule has 1 aliphatic carbocycles. The highest BCUT2D eigenvalue weighted by Crippen LogP contribution is 2.29. The number of nitrogens with zero attached hydrogens (tertiary/aromatic N) is 1. The van der Waals surface area contributed by atoms with Crippen molar-refractivity contribution in [2.45, 2.75) is 83.2 Å². The molecule has 3 aliphatic rings. The summed E-state index contributed by atoms with van der Waals surface area (Å²) in [5.41, 5.74) is 0. The molecule has 1 atom stereocenters. The number of hydrogen-bond acceptors (Lipinski definition) is 3. The van der Waals surface area contributed by atoms with Crippen LogP contribution < -0.4 is 5.32 Å². The summed E-state index contributed by atoms with van der Waals surface area (Å²) in [5.74, 6) is 2.00. The zero-order valence-electron chi connectivity index (χ0n) is 16.0. The molecule has 1 saturated carbocycles. The van der Waals surface area contributed by atoms with Gasteiger partial charge in [-0.15, -0.1) is 0 Å². The maximum Gasteiger partial charge on any atom is 0.220 e. The van der Waals surface area contributed by atoms with E-state index in [0.717, 1.165) is 37.7 Å². The van der Waals surface area contributed by atoms with Crippen molar-refractivity contribution in [1.29, 1.82) is 0 Å². The van der Waals surface area contributed by atoms with Crippen molar-refractivity contribution in [2.75, 3.05) is 32.8 Å². The van der Waals surface area contributed by atoms with Gasteiger partial charge in [-0.1, -0.05) is 25.7 Å². The first-order chi connectivity index (χ1) is 12.3. The molecule has 0 aromatic carbocycles. The second-order valence-corrected chi connectivity index (χ2v) is 8.56. The average Bonchev–Trinajstić information content (AvgIpc) is 3.33. The van der Waals surface area contributed by atoms with Gasteiger partial charge in [-0.3, -0.25) is 4.79 Å². The van der Waals surface area contributed by atoms with Crippen LogP contribution in [-0.4, -0.2) is 49.7 Å². The predicted molar refractivity (Wildman–Crippen MR) is 102 cm³/mol. The lowest BCUT2D eigenvalue weighted by Crippen LogP contribution is -2.35. The average molecular weight is 351 g/mol. The van der Waals surface area contributed by atoms with Crippen LogP contribution in [-0.2, 0) is 9.53 Å². The van der Waals surface area contributed by atoms with Crippen LogP contribution in [0.15, 0.2) is 0 Å². The van der Waals surface area contributed by atoms with E-state index in [0.29, 0.717) is 13.0 Å². The minimum Gasteiger partial charge on any atom is -0.376 e. The zero-order valence-corrected chi connectivity index (χ0v) is 16.0. The Morgan fingerprint density at radius 1 is 0.960 bits per heavy atom. The monoisotopic (exact) mass is 350 g/mol. The van der Waals surface area contributed by atoms with E-state index in [-0.39, 0.29) is 12.0 Å². The van der Waals surface area contributed by atoms with Gasteiger partial charge >= 0.3 is 0 Å². The Bertz CT molecular complexity index is 381. The van der Waals surface area contributed by atoms with Crippen molar-refractivity contribution in [3.05, 3.63) is 0 Å². The fourth-order valence-corrected chi connectivity index (χ4v) is 4.86. The Labute approximate surface area is 154 Å². The van der Waals surface area contributed by atoms with Crippen molar-refractivity contribution in [2.24, 2.45) is 11.8 Å². The Morgan fingerprint density at radius 3 is 2.44 bits per heavy atom. The molecular weight excluding hydrogens is 312 g/mol.